The van der Waals surface area contributed by atoms with E-state index >= 15 is 0 Å². The first-order valence-electron chi connectivity index (χ1n) is 10.3. The monoisotopic (exact) mass is 411 g/mol. The van der Waals surface area contributed by atoms with Crippen molar-refractivity contribution >= 4 is 17.7 Å². The van der Waals surface area contributed by atoms with E-state index in [1.807, 2.05) is 28.8 Å². The Labute approximate surface area is 177 Å². The van der Waals surface area contributed by atoms with Crippen LogP contribution in [-0.4, -0.2) is 41.9 Å². The molecule has 1 unspecified atom stereocenters. The summed E-state index contributed by atoms with van der Waals surface area (Å²) in [6, 6.07) is 14.5. The number of para-hydroxylation sites is 1. The first kappa shape index (κ1) is 20.1. The number of carbonyl (C=O) groups excluding carboxylic acids is 1. The molecule has 1 saturated heterocycles. The van der Waals surface area contributed by atoms with E-state index in [2.05, 4.69) is 51.1 Å². The van der Waals surface area contributed by atoms with Crippen molar-refractivity contribution in [1.82, 2.24) is 4.90 Å². The first-order chi connectivity index (χ1) is 13.9. The van der Waals surface area contributed by atoms with E-state index in [-0.39, 0.29) is 18.1 Å². The average molecular weight is 412 g/mol. The molecule has 1 amide bonds. The second-order valence-electron chi connectivity index (χ2n) is 8.46. The van der Waals surface area contributed by atoms with Gasteiger partial charge in [-0.25, -0.2) is 0 Å². The Bertz CT molecular complexity index is 895. The lowest BCUT2D eigenvalue weighted by Gasteiger charge is -2.21. The third-order valence-electron chi connectivity index (χ3n) is 5.64. The second kappa shape index (κ2) is 8.31. The van der Waals surface area contributed by atoms with E-state index in [1.54, 1.807) is 0 Å². The van der Waals surface area contributed by atoms with E-state index < -0.39 is 0 Å². The van der Waals surface area contributed by atoms with Gasteiger partial charge in [0.25, 0.3) is 5.91 Å². The molecule has 2 heterocycles. The van der Waals surface area contributed by atoms with E-state index in [0.717, 1.165) is 43.0 Å². The van der Waals surface area contributed by atoms with Crippen LogP contribution in [0.15, 0.2) is 42.5 Å². The summed E-state index contributed by atoms with van der Waals surface area (Å²) in [4.78, 5) is 14.8. The van der Waals surface area contributed by atoms with Crippen LogP contribution in [0.25, 0.3) is 0 Å². The summed E-state index contributed by atoms with van der Waals surface area (Å²) in [6.45, 7) is 7.90. The molecule has 5 heteroatoms. The molecule has 0 saturated carbocycles. The first-order valence-corrected chi connectivity index (χ1v) is 11.4. The largest absolute Gasteiger partial charge is 0.483 e. The van der Waals surface area contributed by atoms with Crippen molar-refractivity contribution < 1.29 is 14.3 Å². The van der Waals surface area contributed by atoms with Gasteiger partial charge in [0.05, 0.1) is 0 Å². The summed E-state index contributed by atoms with van der Waals surface area (Å²) < 4.78 is 11.9. The Morgan fingerprint density at radius 1 is 1.21 bits per heavy atom. The highest BCUT2D eigenvalue weighted by Gasteiger charge is 2.32. The van der Waals surface area contributed by atoms with Crippen LogP contribution < -0.4 is 9.47 Å². The molecule has 2 aliphatic heterocycles. The Balaban J connectivity index is 1.36. The smallest absolute Gasteiger partial charge is 0.260 e. The van der Waals surface area contributed by atoms with Gasteiger partial charge in [-0.3, -0.25) is 4.79 Å². The van der Waals surface area contributed by atoms with Gasteiger partial charge in [-0.05, 0) is 44.4 Å². The highest BCUT2D eigenvalue weighted by Crippen LogP contribution is 2.42. The Morgan fingerprint density at radius 3 is 2.86 bits per heavy atom. The van der Waals surface area contributed by atoms with Gasteiger partial charge in [0.1, 0.15) is 5.60 Å². The Kier molecular flexibility index (Phi) is 5.77. The van der Waals surface area contributed by atoms with Crippen molar-refractivity contribution in [2.24, 2.45) is 0 Å². The maximum Gasteiger partial charge on any atom is 0.260 e. The summed E-state index contributed by atoms with van der Waals surface area (Å²) >= 11 is 1.95. The minimum absolute atomic E-state index is 0.0471. The van der Waals surface area contributed by atoms with Crippen molar-refractivity contribution in [3.05, 3.63) is 59.2 Å². The molecule has 2 aromatic carbocycles. The van der Waals surface area contributed by atoms with Crippen LogP contribution in [0.3, 0.4) is 0 Å². The molecular formula is C24H29NO3S. The zero-order chi connectivity index (χ0) is 20.4. The van der Waals surface area contributed by atoms with Crippen LogP contribution in [0.4, 0.5) is 0 Å². The van der Waals surface area contributed by atoms with E-state index in [1.165, 1.54) is 11.1 Å². The SMILES string of the molecule is Cc1ccccc1C1CCN(C(=O)COc2cccc3c2OC(C)(C)C3)CCS1. The van der Waals surface area contributed by atoms with E-state index in [0.29, 0.717) is 11.0 Å². The molecule has 0 N–H and O–H groups in total. The molecule has 0 aromatic heterocycles. The fourth-order valence-corrected chi connectivity index (χ4v) is 5.47. The van der Waals surface area contributed by atoms with Gasteiger partial charge in [0.15, 0.2) is 18.1 Å². The predicted molar refractivity (Wildman–Crippen MR) is 118 cm³/mol. The van der Waals surface area contributed by atoms with Gasteiger partial charge >= 0.3 is 0 Å². The summed E-state index contributed by atoms with van der Waals surface area (Å²) in [5, 5.41) is 0.447. The van der Waals surface area contributed by atoms with E-state index in [4.69, 9.17) is 9.47 Å². The van der Waals surface area contributed by atoms with Crippen molar-refractivity contribution in [2.45, 2.75) is 44.5 Å². The maximum absolute atomic E-state index is 12.8. The van der Waals surface area contributed by atoms with Crippen LogP contribution in [0.5, 0.6) is 11.5 Å². The molecule has 1 fully saturated rings. The van der Waals surface area contributed by atoms with E-state index in [9.17, 15) is 4.79 Å². The quantitative estimate of drug-likeness (QED) is 0.725. The maximum atomic E-state index is 12.8. The molecule has 0 radical (unpaired) electrons. The van der Waals surface area contributed by atoms with Crippen molar-refractivity contribution in [2.75, 3.05) is 25.4 Å². The number of aryl methyl sites for hydroxylation is 1. The number of hydrogen-bond acceptors (Lipinski definition) is 4. The minimum atomic E-state index is -0.224. The molecule has 2 aliphatic rings. The summed E-state index contributed by atoms with van der Waals surface area (Å²) in [6.07, 6.45) is 1.83. The van der Waals surface area contributed by atoms with Crippen molar-refractivity contribution in [1.29, 1.82) is 0 Å². The second-order valence-corrected chi connectivity index (χ2v) is 9.77. The van der Waals surface area contributed by atoms with Crippen molar-refractivity contribution in [3.63, 3.8) is 0 Å². The third-order valence-corrected chi connectivity index (χ3v) is 6.95. The lowest BCUT2D eigenvalue weighted by molar-refractivity contribution is -0.133. The zero-order valence-electron chi connectivity index (χ0n) is 17.4. The number of fused-ring (bicyclic) bond motifs is 1. The highest BCUT2D eigenvalue weighted by molar-refractivity contribution is 7.99. The van der Waals surface area contributed by atoms with Crippen molar-refractivity contribution in [3.8, 4) is 11.5 Å². The number of carbonyl (C=O) groups is 1. The van der Waals surface area contributed by atoms with Crippen LogP contribution >= 0.6 is 11.8 Å². The van der Waals surface area contributed by atoms with Gasteiger partial charge < -0.3 is 14.4 Å². The van der Waals surface area contributed by atoms with Crippen LogP contribution in [-0.2, 0) is 11.2 Å². The standard InChI is InChI=1S/C24H29NO3S/c1-17-7-4-5-9-19(17)21-11-12-25(13-14-29-21)22(26)16-27-20-10-6-8-18-15-24(2,3)28-23(18)20/h4-10,21H,11-16H2,1-3H3. The third kappa shape index (κ3) is 4.55. The van der Waals surface area contributed by atoms with Gasteiger partial charge in [0.2, 0.25) is 0 Å². The molecule has 29 heavy (non-hydrogen) atoms. The molecule has 0 bridgehead atoms. The Morgan fingerprint density at radius 2 is 2.03 bits per heavy atom. The zero-order valence-corrected chi connectivity index (χ0v) is 18.3. The molecule has 1 atom stereocenters. The fraction of sp³-hybridized carbons (Fsp3) is 0.458. The summed E-state index contributed by atoms with van der Waals surface area (Å²) in [5.74, 6) is 2.45. The van der Waals surface area contributed by atoms with Gasteiger partial charge in [-0.2, -0.15) is 11.8 Å². The molecule has 154 valence electrons. The molecule has 0 aliphatic carbocycles. The molecule has 2 aromatic rings. The molecule has 4 nitrogen and oxygen atoms in total. The molecule has 0 spiro atoms. The number of benzene rings is 2. The molecular weight excluding hydrogens is 382 g/mol. The van der Waals surface area contributed by atoms with Gasteiger partial charge in [-0.1, -0.05) is 36.4 Å². The topological polar surface area (TPSA) is 38.8 Å². The van der Waals surface area contributed by atoms with Crippen LogP contribution in [0.2, 0.25) is 0 Å². The number of rotatable bonds is 4. The number of ether oxygens (including phenoxy) is 2. The Hall–Kier alpha value is -2.14. The predicted octanol–water partition coefficient (Wildman–Crippen LogP) is 4.79. The van der Waals surface area contributed by atoms with Crippen LogP contribution in [0, 0.1) is 6.92 Å². The van der Waals surface area contributed by atoms with Gasteiger partial charge in [-0.15, -0.1) is 0 Å². The lowest BCUT2D eigenvalue weighted by Crippen LogP contribution is -2.36. The number of amides is 1. The highest BCUT2D eigenvalue weighted by atomic mass is 32.2. The summed E-state index contributed by atoms with van der Waals surface area (Å²) in [7, 11) is 0. The lowest BCUT2D eigenvalue weighted by atomic mass is 10.0. The number of hydrogen-bond donors (Lipinski definition) is 0. The normalized spacial score (nSPS) is 20.5. The number of nitrogens with zero attached hydrogens (tertiary/aromatic N) is 1. The van der Waals surface area contributed by atoms with Gasteiger partial charge in [0, 0.05) is 36.1 Å². The minimum Gasteiger partial charge on any atom is -0.483 e. The summed E-state index contributed by atoms with van der Waals surface area (Å²) in [5.41, 5.74) is 3.64. The fourth-order valence-electron chi connectivity index (χ4n) is 4.15. The van der Waals surface area contributed by atoms with Crippen LogP contribution in [0.1, 0.15) is 42.2 Å². The number of thioether (sulfide) groups is 1. The molecule has 4 rings (SSSR count). The average Bonchev–Trinajstić information content (AvgIpc) is 2.86.